The van der Waals surface area contributed by atoms with Gasteiger partial charge in [0.05, 0.1) is 19.3 Å². The van der Waals surface area contributed by atoms with Crippen molar-refractivity contribution in [3.05, 3.63) is 46.8 Å². The number of aliphatic hydroxyl groups excluding tert-OH is 1. The van der Waals surface area contributed by atoms with Gasteiger partial charge in [0.15, 0.2) is 6.10 Å². The molecule has 0 aliphatic carbocycles. The van der Waals surface area contributed by atoms with Crippen molar-refractivity contribution in [2.75, 3.05) is 36.5 Å². The van der Waals surface area contributed by atoms with E-state index in [1.807, 2.05) is 24.3 Å². The van der Waals surface area contributed by atoms with Gasteiger partial charge in [0.1, 0.15) is 5.69 Å². The first-order valence-corrected chi connectivity index (χ1v) is 10.1. The molecule has 1 amide bonds. The summed E-state index contributed by atoms with van der Waals surface area (Å²) in [5, 5.41) is 12.6. The van der Waals surface area contributed by atoms with Crippen LogP contribution in [0.4, 0.5) is 11.4 Å². The molecule has 3 rings (SSSR count). The van der Waals surface area contributed by atoms with E-state index in [-0.39, 0.29) is 5.69 Å². The SMILES string of the molecule is Cc1[nH]c(C(=O)O[C@H](C)C(=O)Nc2ccc(N3CCOCC3)cc2)c(C)c1[C@H](C)O. The van der Waals surface area contributed by atoms with Crippen LogP contribution in [-0.4, -0.2) is 54.4 Å². The second-order valence-electron chi connectivity index (χ2n) is 7.52. The molecule has 0 unspecified atom stereocenters. The van der Waals surface area contributed by atoms with Crippen molar-refractivity contribution in [1.82, 2.24) is 4.98 Å². The quantitative estimate of drug-likeness (QED) is 0.627. The van der Waals surface area contributed by atoms with Crippen LogP contribution < -0.4 is 10.2 Å². The zero-order valence-corrected chi connectivity index (χ0v) is 17.8. The summed E-state index contributed by atoms with van der Waals surface area (Å²) < 4.78 is 10.7. The van der Waals surface area contributed by atoms with Crippen molar-refractivity contribution < 1.29 is 24.2 Å². The summed E-state index contributed by atoms with van der Waals surface area (Å²) in [7, 11) is 0. The predicted molar refractivity (Wildman–Crippen MR) is 114 cm³/mol. The number of anilines is 2. The third-order valence-electron chi connectivity index (χ3n) is 5.28. The molecule has 1 saturated heterocycles. The number of rotatable bonds is 6. The number of amides is 1. The Morgan fingerprint density at radius 2 is 1.80 bits per heavy atom. The molecular formula is C22H29N3O5. The number of nitrogens with zero attached hydrogens (tertiary/aromatic N) is 1. The standard InChI is InChI=1S/C22H29N3O5/c1-13-19(15(3)26)14(2)23-20(13)22(28)30-16(4)21(27)24-17-5-7-18(8-6-17)25-9-11-29-12-10-25/h5-8,15-16,23,26H,9-12H2,1-4H3,(H,24,27)/t15-,16+/m0/s1. The van der Waals surface area contributed by atoms with E-state index in [1.165, 1.54) is 6.92 Å². The summed E-state index contributed by atoms with van der Waals surface area (Å²) in [6.07, 6.45) is -1.68. The molecule has 8 heteroatoms. The van der Waals surface area contributed by atoms with Crippen molar-refractivity contribution in [1.29, 1.82) is 0 Å². The molecular weight excluding hydrogens is 386 g/mol. The minimum absolute atomic E-state index is 0.248. The molecule has 0 radical (unpaired) electrons. The number of aromatic nitrogens is 1. The zero-order chi connectivity index (χ0) is 21.8. The van der Waals surface area contributed by atoms with Gasteiger partial charge in [0.2, 0.25) is 0 Å². The summed E-state index contributed by atoms with van der Waals surface area (Å²) >= 11 is 0. The van der Waals surface area contributed by atoms with Crippen molar-refractivity contribution in [3.8, 4) is 0 Å². The lowest BCUT2D eigenvalue weighted by molar-refractivity contribution is -0.123. The Kier molecular flexibility index (Phi) is 6.79. The first-order chi connectivity index (χ1) is 14.3. The lowest BCUT2D eigenvalue weighted by Gasteiger charge is -2.28. The van der Waals surface area contributed by atoms with Gasteiger partial charge >= 0.3 is 5.97 Å². The van der Waals surface area contributed by atoms with E-state index >= 15 is 0 Å². The zero-order valence-electron chi connectivity index (χ0n) is 17.8. The third-order valence-corrected chi connectivity index (χ3v) is 5.28. The van der Waals surface area contributed by atoms with Gasteiger partial charge in [0, 0.05) is 35.7 Å². The molecule has 3 N–H and O–H groups in total. The van der Waals surface area contributed by atoms with Crippen LogP contribution in [0.2, 0.25) is 0 Å². The number of hydrogen-bond acceptors (Lipinski definition) is 6. The van der Waals surface area contributed by atoms with Crippen molar-refractivity contribution in [2.24, 2.45) is 0 Å². The molecule has 0 spiro atoms. The highest BCUT2D eigenvalue weighted by molar-refractivity contribution is 5.97. The molecule has 1 aliphatic heterocycles. The van der Waals surface area contributed by atoms with Gasteiger partial charge in [-0.1, -0.05) is 0 Å². The maximum atomic E-state index is 12.5. The van der Waals surface area contributed by atoms with Crippen LogP contribution in [0.3, 0.4) is 0 Å². The Labute approximate surface area is 176 Å². The summed E-state index contributed by atoms with van der Waals surface area (Å²) in [6.45, 7) is 9.78. The molecule has 2 atom stereocenters. The monoisotopic (exact) mass is 415 g/mol. The fourth-order valence-electron chi connectivity index (χ4n) is 3.69. The molecule has 1 fully saturated rings. The highest BCUT2D eigenvalue weighted by Crippen LogP contribution is 2.25. The van der Waals surface area contributed by atoms with E-state index in [0.29, 0.717) is 35.7 Å². The first-order valence-electron chi connectivity index (χ1n) is 10.1. The lowest BCUT2D eigenvalue weighted by atomic mass is 10.1. The smallest absolute Gasteiger partial charge is 0.355 e. The molecule has 30 heavy (non-hydrogen) atoms. The Balaban J connectivity index is 1.59. The van der Waals surface area contributed by atoms with Crippen LogP contribution >= 0.6 is 0 Å². The van der Waals surface area contributed by atoms with E-state index in [1.54, 1.807) is 20.8 Å². The number of aromatic amines is 1. The van der Waals surface area contributed by atoms with Gasteiger partial charge in [-0.05, 0) is 57.5 Å². The van der Waals surface area contributed by atoms with Gasteiger partial charge in [0.25, 0.3) is 5.91 Å². The van der Waals surface area contributed by atoms with E-state index in [9.17, 15) is 14.7 Å². The molecule has 2 aromatic rings. The minimum Gasteiger partial charge on any atom is -0.448 e. The highest BCUT2D eigenvalue weighted by atomic mass is 16.5. The molecule has 8 nitrogen and oxygen atoms in total. The molecule has 1 aliphatic rings. The largest absolute Gasteiger partial charge is 0.448 e. The number of ether oxygens (including phenoxy) is 2. The molecule has 0 bridgehead atoms. The third kappa shape index (κ3) is 4.83. The van der Waals surface area contributed by atoms with Crippen LogP contribution in [-0.2, 0) is 14.3 Å². The average Bonchev–Trinajstić information content (AvgIpc) is 3.03. The number of aryl methyl sites for hydroxylation is 1. The summed E-state index contributed by atoms with van der Waals surface area (Å²) in [4.78, 5) is 30.1. The number of nitrogens with one attached hydrogen (secondary N) is 2. The molecule has 1 aromatic carbocycles. The van der Waals surface area contributed by atoms with Crippen molar-refractivity contribution in [2.45, 2.75) is 39.9 Å². The van der Waals surface area contributed by atoms with E-state index in [0.717, 1.165) is 18.8 Å². The van der Waals surface area contributed by atoms with Gasteiger partial charge in [-0.25, -0.2) is 4.79 Å². The number of carbonyl (C=O) groups excluding carboxylic acids is 2. The second-order valence-corrected chi connectivity index (χ2v) is 7.52. The second kappa shape index (κ2) is 9.32. The summed E-state index contributed by atoms with van der Waals surface area (Å²) in [5.41, 5.74) is 3.94. The topological polar surface area (TPSA) is 104 Å². The van der Waals surface area contributed by atoms with Crippen molar-refractivity contribution >= 4 is 23.3 Å². The number of benzene rings is 1. The Hall–Kier alpha value is -2.84. The molecule has 2 heterocycles. The fourth-order valence-corrected chi connectivity index (χ4v) is 3.69. The summed E-state index contributed by atoms with van der Waals surface area (Å²) in [6, 6.07) is 7.54. The van der Waals surface area contributed by atoms with E-state index in [4.69, 9.17) is 9.47 Å². The summed E-state index contributed by atoms with van der Waals surface area (Å²) in [5.74, 6) is -1.05. The van der Waals surface area contributed by atoms with Crippen LogP contribution in [0.1, 0.15) is 47.3 Å². The fraction of sp³-hybridized carbons (Fsp3) is 0.455. The van der Waals surface area contributed by atoms with E-state index < -0.39 is 24.1 Å². The maximum absolute atomic E-state index is 12.5. The van der Waals surface area contributed by atoms with Crippen LogP contribution in [0.15, 0.2) is 24.3 Å². The van der Waals surface area contributed by atoms with Crippen LogP contribution in [0.5, 0.6) is 0 Å². The molecule has 162 valence electrons. The Morgan fingerprint density at radius 3 is 2.37 bits per heavy atom. The number of carbonyl (C=O) groups is 2. The average molecular weight is 415 g/mol. The number of H-pyrrole nitrogens is 1. The Bertz CT molecular complexity index is 898. The molecule has 1 aromatic heterocycles. The highest BCUT2D eigenvalue weighted by Gasteiger charge is 2.25. The van der Waals surface area contributed by atoms with Gasteiger partial charge in [-0.2, -0.15) is 0 Å². The minimum atomic E-state index is -0.977. The number of hydrogen-bond donors (Lipinski definition) is 3. The van der Waals surface area contributed by atoms with Crippen LogP contribution in [0.25, 0.3) is 0 Å². The molecule has 0 saturated carbocycles. The number of morpholine rings is 1. The predicted octanol–water partition coefficient (Wildman–Crippen LogP) is 2.71. The van der Waals surface area contributed by atoms with Gasteiger partial charge < -0.3 is 29.8 Å². The normalized spacial score (nSPS) is 16.1. The van der Waals surface area contributed by atoms with Gasteiger partial charge in [-0.3, -0.25) is 4.79 Å². The number of esters is 1. The Morgan fingerprint density at radius 1 is 1.17 bits per heavy atom. The van der Waals surface area contributed by atoms with Crippen LogP contribution in [0, 0.1) is 13.8 Å². The lowest BCUT2D eigenvalue weighted by Crippen LogP contribution is -2.36. The van der Waals surface area contributed by atoms with E-state index in [2.05, 4.69) is 15.2 Å². The van der Waals surface area contributed by atoms with Crippen molar-refractivity contribution in [3.63, 3.8) is 0 Å². The first kappa shape index (κ1) is 21.9. The van der Waals surface area contributed by atoms with Gasteiger partial charge in [-0.15, -0.1) is 0 Å². The number of aliphatic hydroxyl groups is 1. The maximum Gasteiger partial charge on any atom is 0.355 e.